The first kappa shape index (κ1) is 9.93. The molecule has 1 aromatic heterocycles. The SMILES string of the molecule is CCc1ccc(-c2oncc2CN)cc1. The minimum Gasteiger partial charge on any atom is -0.356 e. The van der Waals surface area contributed by atoms with Gasteiger partial charge < -0.3 is 10.3 Å². The van der Waals surface area contributed by atoms with Crippen LogP contribution in [0.5, 0.6) is 0 Å². The molecule has 0 amide bonds. The summed E-state index contributed by atoms with van der Waals surface area (Å²) < 4.78 is 5.19. The van der Waals surface area contributed by atoms with Crippen LogP contribution in [0.1, 0.15) is 18.1 Å². The molecule has 0 spiro atoms. The van der Waals surface area contributed by atoms with Crippen LogP contribution in [-0.2, 0) is 13.0 Å². The summed E-state index contributed by atoms with van der Waals surface area (Å²) in [5.41, 5.74) is 8.88. The Kier molecular flexibility index (Phi) is 2.83. The highest BCUT2D eigenvalue weighted by molar-refractivity contribution is 5.60. The Hall–Kier alpha value is -1.61. The average molecular weight is 202 g/mol. The molecule has 3 heteroatoms. The predicted molar refractivity (Wildman–Crippen MR) is 59.2 cm³/mol. The van der Waals surface area contributed by atoms with Crippen molar-refractivity contribution >= 4 is 0 Å². The molecule has 0 saturated carbocycles. The molecule has 0 aliphatic carbocycles. The van der Waals surface area contributed by atoms with E-state index in [9.17, 15) is 0 Å². The summed E-state index contributed by atoms with van der Waals surface area (Å²) in [6.45, 7) is 2.59. The van der Waals surface area contributed by atoms with Gasteiger partial charge in [-0.3, -0.25) is 0 Å². The Labute approximate surface area is 88.9 Å². The van der Waals surface area contributed by atoms with Gasteiger partial charge in [0.2, 0.25) is 0 Å². The van der Waals surface area contributed by atoms with Crippen molar-refractivity contribution in [1.82, 2.24) is 5.16 Å². The number of hydrogen-bond donors (Lipinski definition) is 1. The van der Waals surface area contributed by atoms with E-state index in [1.807, 2.05) is 12.1 Å². The third kappa shape index (κ3) is 1.92. The van der Waals surface area contributed by atoms with Gasteiger partial charge in [-0.2, -0.15) is 0 Å². The van der Waals surface area contributed by atoms with Crippen LogP contribution in [0.4, 0.5) is 0 Å². The van der Waals surface area contributed by atoms with E-state index in [0.29, 0.717) is 6.54 Å². The zero-order valence-electron chi connectivity index (χ0n) is 8.73. The van der Waals surface area contributed by atoms with Crippen molar-refractivity contribution < 1.29 is 4.52 Å². The molecule has 2 N–H and O–H groups in total. The second kappa shape index (κ2) is 4.28. The van der Waals surface area contributed by atoms with Crippen molar-refractivity contribution in [2.45, 2.75) is 19.9 Å². The molecule has 0 radical (unpaired) electrons. The number of hydrogen-bond acceptors (Lipinski definition) is 3. The maximum atomic E-state index is 5.59. The molecule has 2 aromatic rings. The fourth-order valence-corrected chi connectivity index (χ4v) is 1.54. The monoisotopic (exact) mass is 202 g/mol. The molecular formula is C12H14N2O. The zero-order valence-corrected chi connectivity index (χ0v) is 8.73. The first-order valence-electron chi connectivity index (χ1n) is 5.08. The summed E-state index contributed by atoms with van der Waals surface area (Å²) in [5, 5.41) is 3.76. The minimum absolute atomic E-state index is 0.453. The summed E-state index contributed by atoms with van der Waals surface area (Å²) in [4.78, 5) is 0. The molecule has 0 unspecified atom stereocenters. The number of rotatable bonds is 3. The number of benzene rings is 1. The van der Waals surface area contributed by atoms with Crippen LogP contribution in [0.15, 0.2) is 35.0 Å². The second-order valence-electron chi connectivity index (χ2n) is 3.43. The lowest BCUT2D eigenvalue weighted by Crippen LogP contribution is -1.95. The third-order valence-corrected chi connectivity index (χ3v) is 2.49. The first-order chi connectivity index (χ1) is 7.35. The van der Waals surface area contributed by atoms with E-state index in [1.165, 1.54) is 5.56 Å². The molecule has 3 nitrogen and oxygen atoms in total. The van der Waals surface area contributed by atoms with Crippen LogP contribution in [0.2, 0.25) is 0 Å². The van der Waals surface area contributed by atoms with Crippen LogP contribution < -0.4 is 5.73 Å². The van der Waals surface area contributed by atoms with E-state index in [0.717, 1.165) is 23.3 Å². The molecule has 1 aromatic carbocycles. The highest BCUT2D eigenvalue weighted by atomic mass is 16.5. The van der Waals surface area contributed by atoms with Gasteiger partial charge >= 0.3 is 0 Å². The fourth-order valence-electron chi connectivity index (χ4n) is 1.54. The second-order valence-corrected chi connectivity index (χ2v) is 3.43. The minimum atomic E-state index is 0.453. The van der Waals surface area contributed by atoms with E-state index in [4.69, 9.17) is 10.3 Å². The van der Waals surface area contributed by atoms with Crippen molar-refractivity contribution in [2.24, 2.45) is 5.73 Å². The van der Waals surface area contributed by atoms with E-state index in [2.05, 4.69) is 24.2 Å². The van der Waals surface area contributed by atoms with Crippen LogP contribution in [0, 0.1) is 0 Å². The molecule has 0 atom stereocenters. The molecule has 15 heavy (non-hydrogen) atoms. The van der Waals surface area contributed by atoms with Gasteiger partial charge in [-0.15, -0.1) is 0 Å². The molecule has 0 aliphatic rings. The first-order valence-corrected chi connectivity index (χ1v) is 5.08. The molecule has 2 rings (SSSR count). The Morgan fingerprint density at radius 3 is 2.60 bits per heavy atom. The molecular weight excluding hydrogens is 188 g/mol. The van der Waals surface area contributed by atoms with Crippen LogP contribution in [-0.4, -0.2) is 5.16 Å². The maximum Gasteiger partial charge on any atom is 0.171 e. The third-order valence-electron chi connectivity index (χ3n) is 2.49. The maximum absolute atomic E-state index is 5.59. The number of nitrogens with two attached hydrogens (primary N) is 1. The number of nitrogens with zero attached hydrogens (tertiary/aromatic N) is 1. The Bertz CT molecular complexity index is 431. The molecule has 0 fully saturated rings. The fraction of sp³-hybridized carbons (Fsp3) is 0.250. The van der Waals surface area contributed by atoms with Gasteiger partial charge in [0.25, 0.3) is 0 Å². The summed E-state index contributed by atoms with van der Waals surface area (Å²) in [6, 6.07) is 8.27. The van der Waals surface area contributed by atoms with E-state index < -0.39 is 0 Å². The van der Waals surface area contributed by atoms with E-state index in [1.54, 1.807) is 6.20 Å². The van der Waals surface area contributed by atoms with Gasteiger partial charge in [0.05, 0.1) is 6.20 Å². The van der Waals surface area contributed by atoms with Crippen LogP contribution in [0.25, 0.3) is 11.3 Å². The van der Waals surface area contributed by atoms with E-state index >= 15 is 0 Å². The summed E-state index contributed by atoms with van der Waals surface area (Å²) in [5.74, 6) is 0.778. The molecule has 0 saturated heterocycles. The number of aryl methyl sites for hydroxylation is 1. The highest BCUT2D eigenvalue weighted by Crippen LogP contribution is 2.23. The molecule has 0 aliphatic heterocycles. The van der Waals surface area contributed by atoms with Crippen LogP contribution >= 0.6 is 0 Å². The van der Waals surface area contributed by atoms with Crippen molar-refractivity contribution in [3.63, 3.8) is 0 Å². The summed E-state index contributed by atoms with van der Waals surface area (Å²) >= 11 is 0. The largest absolute Gasteiger partial charge is 0.356 e. The van der Waals surface area contributed by atoms with Gasteiger partial charge in [-0.25, -0.2) is 0 Å². The molecule has 78 valence electrons. The average Bonchev–Trinajstić information content (AvgIpc) is 2.77. The summed E-state index contributed by atoms with van der Waals surface area (Å²) in [6.07, 6.45) is 2.71. The normalized spacial score (nSPS) is 10.5. The zero-order chi connectivity index (χ0) is 10.7. The van der Waals surface area contributed by atoms with Gasteiger partial charge in [-0.1, -0.05) is 36.3 Å². The number of aromatic nitrogens is 1. The lowest BCUT2D eigenvalue weighted by Gasteiger charge is -2.00. The lowest BCUT2D eigenvalue weighted by atomic mass is 10.1. The quantitative estimate of drug-likeness (QED) is 0.831. The Morgan fingerprint density at radius 2 is 2.00 bits per heavy atom. The lowest BCUT2D eigenvalue weighted by molar-refractivity contribution is 0.431. The predicted octanol–water partition coefficient (Wildman–Crippen LogP) is 2.36. The molecule has 0 bridgehead atoms. The van der Waals surface area contributed by atoms with Crippen molar-refractivity contribution in [1.29, 1.82) is 0 Å². The smallest absolute Gasteiger partial charge is 0.171 e. The Morgan fingerprint density at radius 1 is 1.27 bits per heavy atom. The Balaban J connectivity index is 2.37. The van der Waals surface area contributed by atoms with E-state index in [-0.39, 0.29) is 0 Å². The van der Waals surface area contributed by atoms with Gasteiger partial charge in [-0.05, 0) is 12.0 Å². The van der Waals surface area contributed by atoms with Crippen molar-refractivity contribution in [2.75, 3.05) is 0 Å². The van der Waals surface area contributed by atoms with Crippen molar-refractivity contribution in [3.8, 4) is 11.3 Å². The van der Waals surface area contributed by atoms with Gasteiger partial charge in [0.1, 0.15) is 0 Å². The summed E-state index contributed by atoms with van der Waals surface area (Å²) in [7, 11) is 0. The van der Waals surface area contributed by atoms with Crippen molar-refractivity contribution in [3.05, 3.63) is 41.6 Å². The molecule has 1 heterocycles. The highest BCUT2D eigenvalue weighted by Gasteiger charge is 2.08. The standard InChI is InChI=1S/C12H14N2O/c1-2-9-3-5-10(6-4-9)12-11(7-13)8-14-15-12/h3-6,8H,2,7,13H2,1H3. The van der Waals surface area contributed by atoms with Gasteiger partial charge in [0, 0.05) is 17.7 Å². The van der Waals surface area contributed by atoms with Crippen LogP contribution in [0.3, 0.4) is 0 Å². The topological polar surface area (TPSA) is 52.0 Å². The van der Waals surface area contributed by atoms with Gasteiger partial charge in [0.15, 0.2) is 5.76 Å².